The SMILES string of the molecule is C.CC(C)(C)OS(=O)(=O)O. The van der Waals surface area contributed by atoms with Crippen molar-refractivity contribution in [2.75, 3.05) is 0 Å². The molecule has 0 heterocycles. The Balaban J connectivity index is 0. The van der Waals surface area contributed by atoms with E-state index in [1.165, 1.54) is 20.8 Å². The fraction of sp³-hybridized carbons (Fsp3) is 1.00. The first-order valence-corrected chi connectivity index (χ1v) is 3.75. The minimum atomic E-state index is -4.28. The van der Waals surface area contributed by atoms with Crippen molar-refractivity contribution in [3.8, 4) is 0 Å². The Morgan fingerprint density at radius 1 is 1.30 bits per heavy atom. The smallest absolute Gasteiger partial charge is 0.264 e. The maximum Gasteiger partial charge on any atom is 0.397 e. The summed E-state index contributed by atoms with van der Waals surface area (Å²) in [4.78, 5) is 0. The van der Waals surface area contributed by atoms with E-state index in [9.17, 15) is 8.42 Å². The van der Waals surface area contributed by atoms with E-state index in [-0.39, 0.29) is 7.43 Å². The van der Waals surface area contributed by atoms with E-state index in [1.807, 2.05) is 0 Å². The van der Waals surface area contributed by atoms with Crippen molar-refractivity contribution in [3.05, 3.63) is 0 Å². The third-order valence-corrected chi connectivity index (χ3v) is 1.07. The summed E-state index contributed by atoms with van der Waals surface area (Å²) in [7, 11) is -4.28. The summed E-state index contributed by atoms with van der Waals surface area (Å²) in [5.41, 5.74) is -0.854. The van der Waals surface area contributed by atoms with Gasteiger partial charge in [0.1, 0.15) is 0 Å². The molecule has 0 rings (SSSR count). The number of hydrogen-bond donors (Lipinski definition) is 1. The average molecular weight is 170 g/mol. The van der Waals surface area contributed by atoms with E-state index < -0.39 is 16.0 Å². The highest BCUT2D eigenvalue weighted by Gasteiger charge is 2.18. The van der Waals surface area contributed by atoms with Crippen LogP contribution in [0.3, 0.4) is 0 Å². The zero-order valence-electron chi connectivity index (χ0n) is 5.58. The van der Waals surface area contributed by atoms with Crippen molar-refractivity contribution >= 4 is 10.4 Å². The van der Waals surface area contributed by atoms with Crippen LogP contribution in [0.25, 0.3) is 0 Å². The van der Waals surface area contributed by atoms with Crippen LogP contribution in [-0.4, -0.2) is 18.6 Å². The molecule has 0 saturated carbocycles. The number of hydrogen-bond acceptors (Lipinski definition) is 3. The molecule has 0 aromatic carbocycles. The minimum absolute atomic E-state index is 0. The van der Waals surface area contributed by atoms with Gasteiger partial charge in [0.2, 0.25) is 0 Å². The van der Waals surface area contributed by atoms with Gasteiger partial charge in [-0.25, -0.2) is 4.18 Å². The summed E-state index contributed by atoms with van der Waals surface area (Å²) in [6, 6.07) is 0. The molecular weight excluding hydrogens is 156 g/mol. The molecule has 4 nitrogen and oxygen atoms in total. The predicted molar refractivity (Wildman–Crippen MR) is 39.1 cm³/mol. The molecule has 0 bridgehead atoms. The van der Waals surface area contributed by atoms with E-state index in [1.54, 1.807) is 0 Å². The predicted octanol–water partition coefficient (Wildman–Crippen LogP) is 1.24. The van der Waals surface area contributed by atoms with Crippen molar-refractivity contribution in [2.45, 2.75) is 33.8 Å². The lowest BCUT2D eigenvalue weighted by atomic mass is 10.2. The normalized spacial score (nSPS) is 12.4. The van der Waals surface area contributed by atoms with Gasteiger partial charge in [-0.05, 0) is 20.8 Å². The summed E-state index contributed by atoms with van der Waals surface area (Å²) in [6.07, 6.45) is 0. The highest BCUT2D eigenvalue weighted by molar-refractivity contribution is 7.80. The molecule has 0 fully saturated rings. The first-order valence-electron chi connectivity index (χ1n) is 2.39. The zero-order chi connectivity index (χ0) is 7.71. The minimum Gasteiger partial charge on any atom is -0.264 e. The second kappa shape index (κ2) is 3.32. The molecule has 0 amide bonds. The van der Waals surface area contributed by atoms with Gasteiger partial charge in [-0.2, -0.15) is 8.42 Å². The maximum atomic E-state index is 9.98. The van der Waals surface area contributed by atoms with Gasteiger partial charge in [-0.15, -0.1) is 0 Å². The Bertz CT molecular complexity index is 174. The Hall–Kier alpha value is -0.130. The highest BCUT2D eigenvalue weighted by atomic mass is 32.3. The Morgan fingerprint density at radius 3 is 1.60 bits per heavy atom. The molecule has 0 aromatic rings. The van der Waals surface area contributed by atoms with Gasteiger partial charge in [-0.1, -0.05) is 7.43 Å². The van der Waals surface area contributed by atoms with Crippen LogP contribution in [0.15, 0.2) is 0 Å². The van der Waals surface area contributed by atoms with Crippen molar-refractivity contribution in [1.29, 1.82) is 0 Å². The fourth-order valence-corrected chi connectivity index (χ4v) is 0.948. The first kappa shape index (κ1) is 12.5. The highest BCUT2D eigenvalue weighted by Crippen LogP contribution is 2.09. The molecule has 64 valence electrons. The third-order valence-electron chi connectivity index (χ3n) is 0.355. The lowest BCUT2D eigenvalue weighted by Gasteiger charge is -2.14. The van der Waals surface area contributed by atoms with Gasteiger partial charge >= 0.3 is 10.4 Å². The molecule has 0 aliphatic carbocycles. The van der Waals surface area contributed by atoms with E-state index >= 15 is 0 Å². The Morgan fingerprint density at radius 2 is 1.60 bits per heavy atom. The largest absolute Gasteiger partial charge is 0.397 e. The molecule has 0 aliphatic rings. The van der Waals surface area contributed by atoms with Gasteiger partial charge < -0.3 is 0 Å². The molecule has 0 unspecified atom stereocenters. The van der Waals surface area contributed by atoms with Crippen LogP contribution in [0.4, 0.5) is 0 Å². The molecule has 10 heavy (non-hydrogen) atoms. The topological polar surface area (TPSA) is 63.6 Å². The molecule has 0 aromatic heterocycles. The van der Waals surface area contributed by atoms with Crippen molar-refractivity contribution in [3.63, 3.8) is 0 Å². The monoisotopic (exact) mass is 170 g/mol. The van der Waals surface area contributed by atoms with E-state index in [0.29, 0.717) is 0 Å². The van der Waals surface area contributed by atoms with Crippen molar-refractivity contribution in [1.82, 2.24) is 0 Å². The number of rotatable bonds is 1. The molecule has 0 spiro atoms. The van der Waals surface area contributed by atoms with Crippen LogP contribution in [0.1, 0.15) is 28.2 Å². The third kappa shape index (κ3) is 10.8. The molecule has 0 saturated heterocycles. The molecule has 0 aliphatic heterocycles. The van der Waals surface area contributed by atoms with Gasteiger partial charge in [0.25, 0.3) is 0 Å². The Labute approximate surface area is 62.2 Å². The summed E-state index contributed by atoms with van der Waals surface area (Å²) in [6.45, 7) is 4.59. The molecule has 0 atom stereocenters. The Kier molecular flexibility index (Phi) is 4.16. The van der Waals surface area contributed by atoms with Crippen LogP contribution in [0.5, 0.6) is 0 Å². The van der Waals surface area contributed by atoms with Gasteiger partial charge in [0, 0.05) is 0 Å². The van der Waals surface area contributed by atoms with Crippen molar-refractivity contribution < 1.29 is 17.2 Å². The van der Waals surface area contributed by atoms with Crippen molar-refractivity contribution in [2.24, 2.45) is 0 Å². The fourth-order valence-electron chi connectivity index (χ4n) is 0.316. The first-order chi connectivity index (χ1) is 3.71. The van der Waals surface area contributed by atoms with E-state index in [0.717, 1.165) is 0 Å². The molecule has 5 heteroatoms. The zero-order valence-corrected chi connectivity index (χ0v) is 6.40. The second-order valence-electron chi connectivity index (χ2n) is 2.62. The van der Waals surface area contributed by atoms with E-state index in [2.05, 4.69) is 4.18 Å². The van der Waals surface area contributed by atoms with E-state index in [4.69, 9.17) is 4.55 Å². The van der Waals surface area contributed by atoms with Crippen LogP contribution >= 0.6 is 0 Å². The van der Waals surface area contributed by atoms with Crippen LogP contribution in [-0.2, 0) is 14.6 Å². The van der Waals surface area contributed by atoms with Gasteiger partial charge in [0.05, 0.1) is 5.60 Å². The lowest BCUT2D eigenvalue weighted by molar-refractivity contribution is 0.119. The molecular formula is C5H14O4S. The maximum absolute atomic E-state index is 9.98. The van der Waals surface area contributed by atoms with Gasteiger partial charge in [-0.3, -0.25) is 4.55 Å². The lowest BCUT2D eigenvalue weighted by Crippen LogP contribution is -2.23. The average Bonchev–Trinajstić information content (AvgIpc) is 1.14. The quantitative estimate of drug-likeness (QED) is 0.601. The molecule has 0 radical (unpaired) electrons. The standard InChI is InChI=1S/C4H10O4S.CH4/c1-4(2,3)8-9(5,6)7;/h1-3H3,(H,5,6,7);1H4. The van der Waals surface area contributed by atoms with Crippen LogP contribution in [0.2, 0.25) is 0 Å². The summed E-state index contributed by atoms with van der Waals surface area (Å²) in [5, 5.41) is 0. The second-order valence-corrected chi connectivity index (χ2v) is 3.65. The van der Waals surface area contributed by atoms with Gasteiger partial charge in [0.15, 0.2) is 0 Å². The van der Waals surface area contributed by atoms with Crippen LogP contribution < -0.4 is 0 Å². The summed E-state index contributed by atoms with van der Waals surface area (Å²) < 4.78 is 32.2. The molecule has 1 N–H and O–H groups in total. The van der Waals surface area contributed by atoms with Crippen LogP contribution in [0, 0.1) is 0 Å². The summed E-state index contributed by atoms with van der Waals surface area (Å²) >= 11 is 0. The summed E-state index contributed by atoms with van der Waals surface area (Å²) in [5.74, 6) is 0.